The monoisotopic (exact) mass is 1060 g/mol. The van der Waals surface area contributed by atoms with Crippen LogP contribution in [0.5, 0.6) is 23.0 Å². The Balaban J connectivity index is 0.879. The number of rotatable bonds is 13. The van der Waals surface area contributed by atoms with Crippen LogP contribution in [0.2, 0.25) is 0 Å². The average Bonchev–Trinajstić information content (AvgIpc) is 3.65. The summed E-state index contributed by atoms with van der Waals surface area (Å²) in [5.74, 6) is 22.9. The number of aldehydes is 2. The van der Waals surface area contributed by atoms with Crippen molar-refractivity contribution in [3.63, 3.8) is 0 Å². The molecule has 0 saturated carbocycles. The molecule has 0 fully saturated rings. The molecule has 0 amide bonds. The van der Waals surface area contributed by atoms with Crippen LogP contribution in [0.4, 0.5) is 0 Å². The van der Waals surface area contributed by atoms with Gasteiger partial charge in [0.25, 0.3) is 0 Å². The molecule has 0 N–H and O–H groups in total. The molecule has 0 radical (unpaired) electrons. The summed E-state index contributed by atoms with van der Waals surface area (Å²) >= 11 is 0. The highest BCUT2D eigenvalue weighted by atomic mass is 16.5. The maximum Gasteiger partial charge on any atom is 0.233 e. The molecule has 0 heterocycles. The molecule has 10 rings (SSSR count). The molecule has 82 heavy (non-hydrogen) atoms. The molecule has 0 aliphatic carbocycles. The van der Waals surface area contributed by atoms with Crippen molar-refractivity contribution in [3.05, 3.63) is 309 Å². The zero-order valence-electron chi connectivity index (χ0n) is 43.5. The van der Waals surface area contributed by atoms with Gasteiger partial charge in [0.05, 0.1) is 11.1 Å². The highest BCUT2D eigenvalue weighted by Gasteiger charge is 2.23. The summed E-state index contributed by atoms with van der Waals surface area (Å²) in [5.41, 5.74) is 7.84. The van der Waals surface area contributed by atoms with Crippen LogP contribution in [-0.4, -0.2) is 35.7 Å². The third kappa shape index (κ3) is 13.2. The summed E-state index contributed by atoms with van der Waals surface area (Å²) in [6.45, 7) is 0. The van der Waals surface area contributed by atoms with Gasteiger partial charge in [0.1, 0.15) is 23.0 Å². The first kappa shape index (κ1) is 53.5. The third-order valence-electron chi connectivity index (χ3n) is 12.6. The number of hydrogen-bond donors (Lipinski definition) is 0. The van der Waals surface area contributed by atoms with Crippen LogP contribution in [0.15, 0.2) is 243 Å². The minimum absolute atomic E-state index is 0.00369. The van der Waals surface area contributed by atoms with Crippen molar-refractivity contribution in [2.24, 2.45) is 0 Å². The van der Waals surface area contributed by atoms with Crippen molar-refractivity contribution >= 4 is 35.7 Å². The quantitative estimate of drug-likeness (QED) is 0.0484. The number of carbonyl (C=O) groups is 6. The topological polar surface area (TPSA) is 121 Å². The molecule has 0 saturated heterocycles. The third-order valence-corrected chi connectivity index (χ3v) is 12.6. The second kappa shape index (κ2) is 25.5. The molecule has 386 valence electrons. The van der Waals surface area contributed by atoms with E-state index in [1.54, 1.807) is 36.4 Å². The fourth-order valence-electron chi connectivity index (χ4n) is 8.72. The Bertz CT molecular complexity index is 3930. The van der Waals surface area contributed by atoms with Crippen molar-refractivity contribution < 1.29 is 38.2 Å². The van der Waals surface area contributed by atoms with E-state index in [1.165, 1.54) is 48.5 Å². The summed E-state index contributed by atoms with van der Waals surface area (Å²) in [6.07, 6.45) is 0.447. The van der Waals surface area contributed by atoms with E-state index < -0.39 is 23.1 Å². The van der Waals surface area contributed by atoms with Crippen molar-refractivity contribution in [3.8, 4) is 92.6 Å². The van der Waals surface area contributed by atoms with Gasteiger partial charge in [-0.05, 0) is 168 Å². The largest absolute Gasteiger partial charge is 0.457 e. The van der Waals surface area contributed by atoms with E-state index in [-0.39, 0.29) is 57.8 Å². The number of Topliss-reactive ketones (excluding diaryl/α,β-unsaturated/α-hetero) is 4. The van der Waals surface area contributed by atoms with Gasteiger partial charge in [0.2, 0.25) is 23.1 Å². The molecule has 10 aromatic carbocycles. The van der Waals surface area contributed by atoms with Crippen molar-refractivity contribution in [2.45, 2.75) is 0 Å². The molecule has 8 heteroatoms. The molecular weight excluding hydrogens is 1020 g/mol. The lowest BCUT2D eigenvalue weighted by atomic mass is 9.93. The minimum Gasteiger partial charge on any atom is -0.457 e. The Morgan fingerprint density at radius 2 is 0.573 bits per heavy atom. The number of benzene rings is 10. The van der Waals surface area contributed by atoms with Gasteiger partial charge in [0.15, 0.2) is 12.6 Å². The van der Waals surface area contributed by atoms with Gasteiger partial charge in [-0.25, -0.2) is 0 Å². The van der Waals surface area contributed by atoms with Crippen molar-refractivity contribution in [1.82, 2.24) is 0 Å². The minimum atomic E-state index is -0.827. The maximum atomic E-state index is 13.7. The Hall–Kier alpha value is -11.9. The van der Waals surface area contributed by atoms with Gasteiger partial charge < -0.3 is 9.47 Å². The van der Waals surface area contributed by atoms with Crippen molar-refractivity contribution in [2.75, 3.05) is 0 Å². The second-order valence-corrected chi connectivity index (χ2v) is 18.3. The summed E-state index contributed by atoms with van der Waals surface area (Å²) in [7, 11) is 0. The zero-order chi connectivity index (χ0) is 56.6. The van der Waals surface area contributed by atoms with Crippen LogP contribution in [0, 0.1) is 47.4 Å². The average molecular weight is 1060 g/mol. The van der Waals surface area contributed by atoms with Crippen molar-refractivity contribution in [1.29, 1.82) is 0 Å². The SMILES string of the molecule is O=CC(=O)c1c(Oc2ccc(C(=O)C(=O)c3ccc(Oc4cccc(-c5cc(C#Cc6ccccc6)cc(C#Cc6ccccc6)c5)c4C(=O)C=O)cc3)cc2)cccc1-c1cc(C#Cc2ccccc2)cc(C#Cc2ccccc2)c1. The number of carbonyl (C=O) groups excluding carboxylic acids is 6. The lowest BCUT2D eigenvalue weighted by molar-refractivity contribution is -0.105. The molecule has 0 unspecified atom stereocenters. The number of hydrogen-bond acceptors (Lipinski definition) is 8. The lowest BCUT2D eigenvalue weighted by Gasteiger charge is -2.15. The van der Waals surface area contributed by atoms with Gasteiger partial charge in [-0.15, -0.1) is 0 Å². The van der Waals surface area contributed by atoms with Gasteiger partial charge in [-0.1, -0.05) is 144 Å². The summed E-state index contributed by atoms with van der Waals surface area (Å²) in [6, 6.07) is 70.6. The Morgan fingerprint density at radius 3 is 0.854 bits per heavy atom. The Kier molecular flexibility index (Phi) is 16.6. The van der Waals surface area contributed by atoms with Gasteiger partial charge in [0, 0.05) is 55.6 Å². The van der Waals surface area contributed by atoms with E-state index in [0.717, 1.165) is 22.3 Å². The van der Waals surface area contributed by atoms with Gasteiger partial charge in [-0.2, -0.15) is 0 Å². The zero-order valence-corrected chi connectivity index (χ0v) is 43.5. The standard InChI is InChI=1S/C74H42O8/c75-49-67(77)71-65(61-45-55(31-27-51-15-5-1-6-16-51)43-56(46-61)32-28-52-17-7-2-8-18-52)23-13-25-69(71)81-63-39-35-59(36-40-63)73(79)74(80)60-37-41-64(42-38-60)82-70-26-14-24-66(72(70)68(78)50-76)62-47-57(33-29-53-19-9-3-10-20-53)44-58(48-62)34-30-54-21-11-4-12-22-54/h1-26,35-50H. The molecule has 0 bridgehead atoms. The van der Waals surface area contributed by atoms with E-state index in [2.05, 4.69) is 47.4 Å². The molecule has 0 aromatic heterocycles. The van der Waals surface area contributed by atoms with Gasteiger partial charge in [-0.3, -0.25) is 28.8 Å². The number of ether oxygens (including phenoxy) is 2. The molecule has 0 aliphatic heterocycles. The molecule has 10 aromatic rings. The van der Waals surface area contributed by atoms with Crippen LogP contribution >= 0.6 is 0 Å². The second-order valence-electron chi connectivity index (χ2n) is 18.3. The molecular formula is C74H42O8. The normalized spacial score (nSPS) is 10.1. The van der Waals surface area contributed by atoms with E-state index in [1.807, 2.05) is 158 Å². The summed E-state index contributed by atoms with van der Waals surface area (Å²) in [4.78, 5) is 78.8. The molecule has 0 atom stereocenters. The van der Waals surface area contributed by atoms with E-state index in [4.69, 9.17) is 9.47 Å². The van der Waals surface area contributed by atoms with E-state index in [0.29, 0.717) is 44.5 Å². The molecule has 8 nitrogen and oxygen atoms in total. The fourth-order valence-corrected chi connectivity index (χ4v) is 8.72. The highest BCUT2D eigenvalue weighted by molar-refractivity contribution is 6.49. The Labute approximate surface area is 473 Å². The number of ketones is 4. The Morgan fingerprint density at radius 1 is 0.293 bits per heavy atom. The first-order chi connectivity index (χ1) is 40.2. The van der Waals surface area contributed by atoms with E-state index in [9.17, 15) is 28.8 Å². The predicted octanol–water partition coefficient (Wildman–Crippen LogP) is 14.0. The van der Waals surface area contributed by atoms with Crippen LogP contribution in [0.25, 0.3) is 22.3 Å². The van der Waals surface area contributed by atoms with Crippen LogP contribution in [0.1, 0.15) is 85.9 Å². The first-order valence-corrected chi connectivity index (χ1v) is 25.7. The van der Waals surface area contributed by atoms with Crippen LogP contribution in [-0.2, 0) is 9.59 Å². The first-order valence-electron chi connectivity index (χ1n) is 25.7. The molecule has 0 aliphatic rings. The highest BCUT2D eigenvalue weighted by Crippen LogP contribution is 2.37. The van der Waals surface area contributed by atoms with Gasteiger partial charge >= 0.3 is 0 Å². The summed E-state index contributed by atoms with van der Waals surface area (Å²) in [5, 5.41) is 0. The fraction of sp³-hybridized carbons (Fsp3) is 0. The van der Waals surface area contributed by atoms with Crippen LogP contribution in [0.3, 0.4) is 0 Å². The smallest absolute Gasteiger partial charge is 0.233 e. The molecule has 0 spiro atoms. The van der Waals surface area contributed by atoms with E-state index >= 15 is 0 Å². The maximum absolute atomic E-state index is 13.7. The van der Waals surface area contributed by atoms with Crippen LogP contribution < -0.4 is 9.47 Å². The summed E-state index contributed by atoms with van der Waals surface area (Å²) < 4.78 is 12.5. The predicted molar refractivity (Wildman–Crippen MR) is 316 cm³/mol. The lowest BCUT2D eigenvalue weighted by Crippen LogP contribution is -2.14.